The number of hydrogen-bond donors (Lipinski definition) is 2. The third-order valence-electron chi connectivity index (χ3n) is 3.37. The second-order valence-corrected chi connectivity index (χ2v) is 10.8. The first-order valence-corrected chi connectivity index (χ1v) is 11.9. The Balaban J connectivity index is 1.84. The lowest BCUT2D eigenvalue weighted by molar-refractivity contribution is 0.592. The van der Waals surface area contributed by atoms with Gasteiger partial charge in [-0.25, -0.2) is 8.42 Å². The highest BCUT2D eigenvalue weighted by Crippen LogP contribution is 2.37. The maximum atomic E-state index is 11.4. The first-order chi connectivity index (χ1) is 11.8. The van der Waals surface area contributed by atoms with E-state index in [0.29, 0.717) is 24.3 Å². The minimum absolute atomic E-state index is 0.0545. The summed E-state index contributed by atoms with van der Waals surface area (Å²) in [5.74, 6) is 0.605. The van der Waals surface area contributed by atoms with Crippen LogP contribution in [0.4, 0.5) is 5.82 Å². The zero-order valence-electron chi connectivity index (χ0n) is 13.3. The molecule has 1 atom stereocenters. The number of hydrogen-bond acceptors (Lipinski definition) is 9. The van der Waals surface area contributed by atoms with Crippen LogP contribution in [0.2, 0.25) is 0 Å². The summed E-state index contributed by atoms with van der Waals surface area (Å²) in [5, 5.41) is 17.3. The van der Waals surface area contributed by atoms with Crippen LogP contribution in [-0.2, 0) is 22.8 Å². The highest BCUT2D eigenvalue weighted by molar-refractivity contribution is 9.10. The molecule has 0 aliphatic rings. The molecule has 134 valence electrons. The Labute approximate surface area is 161 Å². The Morgan fingerprint density at radius 1 is 1.40 bits per heavy atom. The third-order valence-corrected chi connectivity index (χ3v) is 7.61. The van der Waals surface area contributed by atoms with Gasteiger partial charge in [0.1, 0.15) is 20.1 Å². The van der Waals surface area contributed by atoms with Crippen LogP contribution in [0.1, 0.15) is 9.75 Å². The van der Waals surface area contributed by atoms with Crippen LogP contribution in [0.5, 0.6) is 0 Å². The molecule has 0 amide bonds. The van der Waals surface area contributed by atoms with Crippen molar-refractivity contribution in [3.05, 3.63) is 31.7 Å². The van der Waals surface area contributed by atoms with E-state index in [9.17, 15) is 8.42 Å². The lowest BCUT2D eigenvalue weighted by Crippen LogP contribution is -2.31. The molecule has 11 heteroatoms. The van der Waals surface area contributed by atoms with E-state index in [4.69, 9.17) is 5.73 Å². The highest BCUT2D eigenvalue weighted by atomic mass is 79.9. The van der Waals surface area contributed by atoms with Gasteiger partial charge in [0, 0.05) is 22.1 Å². The molecule has 7 nitrogen and oxygen atoms in total. The Hall–Kier alpha value is -1.14. The zero-order valence-corrected chi connectivity index (χ0v) is 17.3. The summed E-state index contributed by atoms with van der Waals surface area (Å²) in [6.07, 6.45) is 1.63. The van der Waals surface area contributed by atoms with Crippen molar-refractivity contribution < 1.29 is 8.42 Å². The summed E-state index contributed by atoms with van der Waals surface area (Å²) < 4.78 is 24.5. The molecule has 0 bridgehead atoms. The highest BCUT2D eigenvalue weighted by Gasteiger charge is 2.19. The summed E-state index contributed by atoms with van der Waals surface area (Å²) in [6, 6.07) is 3.57. The SMILES string of the molecule is CS(=O)(=O)C[C@H](N)Cc1sc2c(NCc3cccs3)nnnc2c1Br. The molecule has 0 radical (unpaired) electrons. The van der Waals surface area contributed by atoms with Crippen molar-refractivity contribution in [1.29, 1.82) is 0 Å². The van der Waals surface area contributed by atoms with Gasteiger partial charge in [-0.2, -0.15) is 0 Å². The van der Waals surface area contributed by atoms with Crippen LogP contribution in [0.25, 0.3) is 10.2 Å². The van der Waals surface area contributed by atoms with Crippen molar-refractivity contribution in [3.63, 3.8) is 0 Å². The summed E-state index contributed by atoms with van der Waals surface area (Å²) in [4.78, 5) is 2.13. The Kier molecular flexibility index (Phi) is 5.68. The van der Waals surface area contributed by atoms with E-state index in [0.717, 1.165) is 14.0 Å². The van der Waals surface area contributed by atoms with Gasteiger partial charge in [-0.1, -0.05) is 6.07 Å². The van der Waals surface area contributed by atoms with E-state index in [1.807, 2.05) is 17.5 Å². The maximum Gasteiger partial charge on any atom is 0.170 e. The van der Waals surface area contributed by atoms with Crippen molar-refractivity contribution in [2.45, 2.75) is 19.0 Å². The van der Waals surface area contributed by atoms with Gasteiger partial charge in [-0.15, -0.1) is 32.9 Å². The second-order valence-electron chi connectivity index (χ2n) is 5.64. The molecule has 3 rings (SSSR count). The predicted octanol–water partition coefficient (Wildman–Crippen LogP) is 2.44. The monoisotopic (exact) mass is 461 g/mol. The molecule has 0 aliphatic heterocycles. The van der Waals surface area contributed by atoms with Gasteiger partial charge in [0.25, 0.3) is 0 Å². The quantitative estimate of drug-likeness (QED) is 0.555. The molecule has 3 aromatic rings. The largest absolute Gasteiger partial charge is 0.362 e. The lowest BCUT2D eigenvalue weighted by atomic mass is 10.2. The van der Waals surface area contributed by atoms with Gasteiger partial charge in [-0.3, -0.25) is 0 Å². The van der Waals surface area contributed by atoms with E-state index >= 15 is 0 Å². The molecule has 0 aromatic carbocycles. The minimum atomic E-state index is -3.12. The molecular weight excluding hydrogens is 446 g/mol. The van der Waals surface area contributed by atoms with Crippen molar-refractivity contribution in [1.82, 2.24) is 15.4 Å². The van der Waals surface area contributed by atoms with E-state index in [-0.39, 0.29) is 5.75 Å². The van der Waals surface area contributed by atoms with Gasteiger partial charge >= 0.3 is 0 Å². The second kappa shape index (κ2) is 7.62. The molecule has 0 fully saturated rings. The van der Waals surface area contributed by atoms with Crippen LogP contribution >= 0.6 is 38.6 Å². The average Bonchev–Trinajstić information content (AvgIpc) is 3.13. The molecule has 0 spiro atoms. The molecule has 3 aromatic heterocycles. The number of sulfone groups is 1. The van der Waals surface area contributed by atoms with Crippen LogP contribution < -0.4 is 11.1 Å². The number of rotatable bonds is 7. The number of thiophene rings is 2. The molecule has 3 heterocycles. The molecule has 0 saturated heterocycles. The average molecular weight is 462 g/mol. The zero-order chi connectivity index (χ0) is 18.0. The van der Waals surface area contributed by atoms with Crippen LogP contribution in [-0.4, -0.2) is 41.9 Å². The van der Waals surface area contributed by atoms with Crippen LogP contribution in [0, 0.1) is 0 Å². The smallest absolute Gasteiger partial charge is 0.170 e. The standard InChI is InChI=1S/C14H16BrN5O2S3/c1-25(21,22)7-8(16)5-10-11(15)12-13(24-10)14(19-20-18-12)17-6-9-3-2-4-23-9/h2-4,8H,5-7,16H2,1H3,(H,17,18,19)/t8-/m1/s1. The summed E-state index contributed by atoms with van der Waals surface area (Å²) in [5.41, 5.74) is 6.69. The van der Waals surface area contributed by atoms with E-state index < -0.39 is 15.9 Å². The lowest BCUT2D eigenvalue weighted by Gasteiger charge is -2.08. The number of anilines is 1. The first-order valence-electron chi connectivity index (χ1n) is 7.33. The van der Waals surface area contributed by atoms with Crippen molar-refractivity contribution in [3.8, 4) is 0 Å². The van der Waals surface area contributed by atoms with E-state index in [2.05, 4.69) is 36.7 Å². The number of nitrogens with one attached hydrogen (secondary N) is 1. The molecular formula is C14H16BrN5O2S3. The van der Waals surface area contributed by atoms with Crippen molar-refractivity contribution >= 4 is 64.5 Å². The van der Waals surface area contributed by atoms with Crippen LogP contribution in [0.3, 0.4) is 0 Å². The maximum absolute atomic E-state index is 11.4. The van der Waals surface area contributed by atoms with Crippen molar-refractivity contribution in [2.24, 2.45) is 5.73 Å². The number of aromatic nitrogens is 3. The predicted molar refractivity (Wildman–Crippen MR) is 106 cm³/mol. The Morgan fingerprint density at radius 2 is 2.20 bits per heavy atom. The number of halogens is 1. The van der Waals surface area contributed by atoms with E-state index in [1.165, 1.54) is 22.5 Å². The topological polar surface area (TPSA) is 111 Å². The summed E-state index contributed by atoms with van der Waals surface area (Å²) in [6.45, 7) is 0.657. The molecule has 0 aliphatic carbocycles. The van der Waals surface area contributed by atoms with Gasteiger partial charge in [0.05, 0.1) is 16.8 Å². The number of fused-ring (bicyclic) bond motifs is 1. The van der Waals surface area contributed by atoms with Gasteiger partial charge in [-0.05, 0) is 39.0 Å². The van der Waals surface area contributed by atoms with Crippen LogP contribution in [0.15, 0.2) is 22.0 Å². The molecule has 0 unspecified atom stereocenters. The molecule has 25 heavy (non-hydrogen) atoms. The Bertz CT molecular complexity index is 972. The molecule has 0 saturated carbocycles. The van der Waals surface area contributed by atoms with Crippen molar-refractivity contribution in [2.75, 3.05) is 17.3 Å². The fourth-order valence-corrected chi connectivity index (χ4v) is 5.90. The fourth-order valence-electron chi connectivity index (χ4n) is 2.37. The van der Waals surface area contributed by atoms with Gasteiger partial charge in [0.15, 0.2) is 5.82 Å². The van der Waals surface area contributed by atoms with Gasteiger partial charge in [0.2, 0.25) is 0 Å². The van der Waals surface area contributed by atoms with E-state index in [1.54, 1.807) is 11.3 Å². The normalized spacial score (nSPS) is 13.2. The van der Waals surface area contributed by atoms with Gasteiger partial charge < -0.3 is 11.1 Å². The molecule has 3 N–H and O–H groups in total. The number of nitrogens with zero attached hydrogens (tertiary/aromatic N) is 3. The third kappa shape index (κ3) is 4.73. The Morgan fingerprint density at radius 3 is 2.88 bits per heavy atom. The summed E-state index contributed by atoms with van der Waals surface area (Å²) in [7, 11) is -3.12. The minimum Gasteiger partial charge on any atom is -0.362 e. The first kappa shape index (κ1) is 18.6. The summed E-state index contributed by atoms with van der Waals surface area (Å²) >= 11 is 6.69. The number of nitrogens with two attached hydrogens (primary N) is 1. The fraction of sp³-hybridized carbons (Fsp3) is 0.357.